The number of carbonyl (C=O) groups is 3. The van der Waals surface area contributed by atoms with Crippen molar-refractivity contribution in [3.05, 3.63) is 53.1 Å². The minimum absolute atomic E-state index is 0.121. The van der Waals surface area contributed by atoms with Gasteiger partial charge in [-0.05, 0) is 56.0 Å². The molecule has 0 saturated heterocycles. The molecular formula is C25H30N2O5. The largest absolute Gasteiger partial charge is 0.485 e. The molecule has 0 bridgehead atoms. The topological polar surface area (TPSA) is 84.9 Å². The Bertz CT molecular complexity index is 1020. The first-order valence-electron chi connectivity index (χ1n) is 10.8. The molecule has 0 aromatic heterocycles. The maximum Gasteiger partial charge on any atom is 0.265 e. The summed E-state index contributed by atoms with van der Waals surface area (Å²) in [6.07, 6.45) is 0.860. The summed E-state index contributed by atoms with van der Waals surface area (Å²) in [4.78, 5) is 38.9. The van der Waals surface area contributed by atoms with Crippen LogP contribution in [0.5, 0.6) is 11.5 Å². The summed E-state index contributed by atoms with van der Waals surface area (Å²) in [6.45, 7) is 8.24. The van der Waals surface area contributed by atoms with Crippen molar-refractivity contribution in [2.75, 3.05) is 31.2 Å². The lowest BCUT2D eigenvalue weighted by Crippen LogP contribution is -2.45. The highest BCUT2D eigenvalue weighted by Gasteiger charge is 2.28. The van der Waals surface area contributed by atoms with Crippen LogP contribution in [0.4, 0.5) is 5.69 Å². The molecule has 0 aliphatic carbocycles. The average molecular weight is 439 g/mol. The van der Waals surface area contributed by atoms with Crippen LogP contribution in [0.15, 0.2) is 36.4 Å². The number of fused-ring (bicyclic) bond motifs is 1. The standard InChI is InChI=1S/C25H30N2O5/c1-16(2)9-10-26-24(29)13-27-20-12-19(6-8-23(20)32-15-25(27)30)21(28)14-31-22-7-5-17(3)11-18(22)4/h5-8,11-12,16H,9-10,13-15H2,1-4H3,(H,26,29). The summed E-state index contributed by atoms with van der Waals surface area (Å²) in [6, 6.07) is 10.6. The average Bonchev–Trinajstić information content (AvgIpc) is 2.74. The summed E-state index contributed by atoms with van der Waals surface area (Å²) in [5.41, 5.74) is 2.88. The molecular weight excluding hydrogens is 408 g/mol. The van der Waals surface area contributed by atoms with E-state index in [9.17, 15) is 14.4 Å². The number of benzene rings is 2. The molecule has 0 atom stereocenters. The van der Waals surface area contributed by atoms with Crippen molar-refractivity contribution in [3.8, 4) is 11.5 Å². The molecule has 1 heterocycles. The van der Waals surface area contributed by atoms with Crippen molar-refractivity contribution in [1.29, 1.82) is 0 Å². The van der Waals surface area contributed by atoms with Crippen LogP contribution in [0.3, 0.4) is 0 Å². The van der Waals surface area contributed by atoms with Crippen LogP contribution >= 0.6 is 0 Å². The quantitative estimate of drug-likeness (QED) is 0.606. The van der Waals surface area contributed by atoms with Gasteiger partial charge in [0, 0.05) is 12.1 Å². The monoisotopic (exact) mass is 438 g/mol. The first-order chi connectivity index (χ1) is 15.2. The number of hydrogen-bond donors (Lipinski definition) is 1. The maximum absolute atomic E-state index is 12.7. The fourth-order valence-electron chi connectivity index (χ4n) is 3.44. The third-order valence-electron chi connectivity index (χ3n) is 5.26. The van der Waals surface area contributed by atoms with Crippen molar-refractivity contribution in [2.24, 2.45) is 5.92 Å². The van der Waals surface area contributed by atoms with Gasteiger partial charge >= 0.3 is 0 Å². The Labute approximate surface area is 188 Å². The number of hydrogen-bond acceptors (Lipinski definition) is 5. The van der Waals surface area contributed by atoms with E-state index in [-0.39, 0.29) is 37.4 Å². The van der Waals surface area contributed by atoms with E-state index in [2.05, 4.69) is 19.2 Å². The normalized spacial score (nSPS) is 12.9. The molecule has 1 N–H and O–H groups in total. The lowest BCUT2D eigenvalue weighted by Gasteiger charge is -2.29. The van der Waals surface area contributed by atoms with Crippen molar-refractivity contribution in [1.82, 2.24) is 5.32 Å². The molecule has 170 valence electrons. The Morgan fingerprint density at radius 2 is 1.94 bits per heavy atom. The number of nitrogens with one attached hydrogen (secondary N) is 1. The van der Waals surface area contributed by atoms with Gasteiger partial charge in [0.05, 0.1) is 5.69 Å². The van der Waals surface area contributed by atoms with Crippen LogP contribution in [0.2, 0.25) is 0 Å². The van der Waals surface area contributed by atoms with E-state index in [1.54, 1.807) is 18.2 Å². The maximum atomic E-state index is 12.7. The molecule has 0 saturated carbocycles. The van der Waals surface area contributed by atoms with Crippen molar-refractivity contribution in [3.63, 3.8) is 0 Å². The van der Waals surface area contributed by atoms with E-state index in [4.69, 9.17) is 9.47 Å². The SMILES string of the molecule is Cc1ccc(OCC(=O)c2ccc3c(c2)N(CC(=O)NCCC(C)C)C(=O)CO3)c(C)c1. The molecule has 7 heteroatoms. The molecule has 0 spiro atoms. The fourth-order valence-corrected chi connectivity index (χ4v) is 3.44. The minimum atomic E-state index is -0.326. The molecule has 1 aliphatic rings. The van der Waals surface area contributed by atoms with Crippen LogP contribution in [-0.2, 0) is 9.59 Å². The van der Waals surface area contributed by atoms with E-state index in [1.165, 1.54) is 4.90 Å². The molecule has 0 fully saturated rings. The van der Waals surface area contributed by atoms with E-state index in [0.717, 1.165) is 17.5 Å². The molecule has 0 unspecified atom stereocenters. The second-order valence-electron chi connectivity index (χ2n) is 8.46. The van der Waals surface area contributed by atoms with E-state index in [0.29, 0.717) is 35.2 Å². The fraction of sp³-hybridized carbons (Fsp3) is 0.400. The summed E-state index contributed by atoms with van der Waals surface area (Å²) in [7, 11) is 0. The third-order valence-corrected chi connectivity index (χ3v) is 5.26. The van der Waals surface area contributed by atoms with Crippen LogP contribution < -0.4 is 19.7 Å². The molecule has 1 aliphatic heterocycles. The summed E-state index contributed by atoms with van der Waals surface area (Å²) < 4.78 is 11.2. The molecule has 2 aromatic rings. The third kappa shape index (κ3) is 5.87. The summed E-state index contributed by atoms with van der Waals surface area (Å²) >= 11 is 0. The number of aryl methyl sites for hydroxylation is 2. The number of Topliss-reactive ketones (excluding diaryl/α,β-unsaturated/α-hetero) is 1. The number of rotatable bonds is 9. The lowest BCUT2D eigenvalue weighted by atomic mass is 10.1. The number of nitrogens with zero attached hydrogens (tertiary/aromatic N) is 1. The molecule has 3 rings (SSSR count). The Kier molecular flexibility index (Phi) is 7.51. The Hall–Kier alpha value is -3.35. The second-order valence-corrected chi connectivity index (χ2v) is 8.46. The van der Waals surface area contributed by atoms with Crippen LogP contribution in [0.1, 0.15) is 41.8 Å². The van der Waals surface area contributed by atoms with Crippen molar-refractivity contribution in [2.45, 2.75) is 34.1 Å². The molecule has 2 aromatic carbocycles. The van der Waals surface area contributed by atoms with Gasteiger partial charge in [0.1, 0.15) is 18.0 Å². The number of ketones is 1. The van der Waals surface area contributed by atoms with Crippen LogP contribution in [0, 0.1) is 19.8 Å². The van der Waals surface area contributed by atoms with Gasteiger partial charge in [0.15, 0.2) is 19.0 Å². The van der Waals surface area contributed by atoms with Crippen molar-refractivity contribution < 1.29 is 23.9 Å². The van der Waals surface area contributed by atoms with Gasteiger partial charge in [0.25, 0.3) is 5.91 Å². The van der Waals surface area contributed by atoms with E-state index >= 15 is 0 Å². The van der Waals surface area contributed by atoms with E-state index < -0.39 is 0 Å². The smallest absolute Gasteiger partial charge is 0.265 e. The highest BCUT2D eigenvalue weighted by atomic mass is 16.5. The first-order valence-corrected chi connectivity index (χ1v) is 10.8. The number of carbonyl (C=O) groups excluding carboxylic acids is 3. The predicted molar refractivity (Wildman–Crippen MR) is 122 cm³/mol. The Morgan fingerprint density at radius 3 is 2.66 bits per heavy atom. The summed E-state index contributed by atoms with van der Waals surface area (Å²) in [5, 5.41) is 2.84. The molecule has 2 amide bonds. The highest BCUT2D eigenvalue weighted by Crippen LogP contribution is 2.33. The van der Waals surface area contributed by atoms with Gasteiger partial charge in [-0.1, -0.05) is 31.5 Å². The van der Waals surface area contributed by atoms with Crippen LogP contribution in [-0.4, -0.2) is 43.9 Å². The van der Waals surface area contributed by atoms with Gasteiger partial charge in [-0.15, -0.1) is 0 Å². The number of ether oxygens (including phenoxy) is 2. The molecule has 0 radical (unpaired) electrons. The van der Waals surface area contributed by atoms with Gasteiger partial charge in [-0.3, -0.25) is 19.3 Å². The van der Waals surface area contributed by atoms with Gasteiger partial charge in [0.2, 0.25) is 5.91 Å². The van der Waals surface area contributed by atoms with Crippen molar-refractivity contribution >= 4 is 23.3 Å². The summed E-state index contributed by atoms with van der Waals surface area (Å²) in [5.74, 6) is 0.786. The van der Waals surface area contributed by atoms with Gasteiger partial charge in [-0.2, -0.15) is 0 Å². The Morgan fingerprint density at radius 1 is 1.16 bits per heavy atom. The molecule has 32 heavy (non-hydrogen) atoms. The second kappa shape index (κ2) is 10.3. The number of amides is 2. The lowest BCUT2D eigenvalue weighted by molar-refractivity contribution is -0.125. The molecule has 7 nitrogen and oxygen atoms in total. The highest BCUT2D eigenvalue weighted by molar-refractivity contribution is 6.04. The first kappa shape index (κ1) is 23.3. The minimum Gasteiger partial charge on any atom is -0.485 e. The zero-order chi connectivity index (χ0) is 23.3. The number of anilines is 1. The zero-order valence-electron chi connectivity index (χ0n) is 19.1. The Balaban J connectivity index is 1.70. The predicted octanol–water partition coefficient (Wildman–Crippen LogP) is 3.45. The van der Waals surface area contributed by atoms with Crippen LogP contribution in [0.25, 0.3) is 0 Å². The van der Waals surface area contributed by atoms with Gasteiger partial charge in [-0.25, -0.2) is 0 Å². The van der Waals surface area contributed by atoms with E-state index in [1.807, 2.05) is 32.0 Å². The zero-order valence-corrected chi connectivity index (χ0v) is 19.1. The van der Waals surface area contributed by atoms with Gasteiger partial charge < -0.3 is 14.8 Å².